The Bertz CT molecular complexity index is 4220. The second kappa shape index (κ2) is 17.2. The number of nitrogens with zero attached hydrogens (tertiary/aromatic N) is 2. The van der Waals surface area contributed by atoms with Crippen molar-refractivity contribution in [1.29, 1.82) is 0 Å². The van der Waals surface area contributed by atoms with Gasteiger partial charge in [-0.1, -0.05) is 182 Å². The van der Waals surface area contributed by atoms with E-state index in [-0.39, 0.29) is 0 Å². The van der Waals surface area contributed by atoms with Gasteiger partial charge in [0.1, 0.15) is 0 Å². The lowest BCUT2D eigenvalue weighted by atomic mass is 9.84. The molecule has 0 saturated heterocycles. The maximum Gasteiger partial charge on any atom is 0.0546 e. The van der Waals surface area contributed by atoms with E-state index >= 15 is 0 Å². The molecule has 2 nitrogen and oxygen atoms in total. The Labute approximate surface area is 432 Å². The fraction of sp³-hybridized carbons (Fsp3) is 0.0556. The van der Waals surface area contributed by atoms with Crippen LogP contribution in [0.3, 0.4) is 0 Å². The Hall–Kier alpha value is -9.24. The van der Waals surface area contributed by atoms with Crippen LogP contribution >= 0.6 is 0 Å². The zero-order valence-corrected chi connectivity index (χ0v) is 42.0. The van der Waals surface area contributed by atoms with E-state index in [1.807, 2.05) is 0 Å². The minimum atomic E-state index is 1.11. The quantitative estimate of drug-likeness (QED) is 0.140. The van der Waals surface area contributed by atoms with Crippen LogP contribution in [0.2, 0.25) is 0 Å². The molecule has 350 valence electrons. The zero-order valence-electron chi connectivity index (χ0n) is 42.0. The highest BCUT2D eigenvalue weighted by Crippen LogP contribution is 2.53. The first-order valence-electron chi connectivity index (χ1n) is 25.8. The lowest BCUT2D eigenvalue weighted by Crippen LogP contribution is -2.13. The highest BCUT2D eigenvalue weighted by molar-refractivity contribution is 6.33. The van der Waals surface area contributed by atoms with E-state index < -0.39 is 0 Å². The van der Waals surface area contributed by atoms with Crippen LogP contribution < -0.4 is 9.80 Å². The molecule has 0 aliphatic rings. The topological polar surface area (TPSA) is 6.48 Å². The third kappa shape index (κ3) is 7.17. The standard InChI is InChI=1S/C72H52N2/c1-45-35-46(2)38-57(37-45)73(55-29-27-49-15-5-7-19-53(49)41-55)69-43-67(61-25-13-21-51-17-9-11-23-59(51)61)63-32-34-66-70(74(58-39-47(3)36-48(4)40-58)56-30-28-50-16-6-8-20-54(50)42-56)44-68(64-31-33-65(69)71(63)72(64)66)62-26-14-22-52-18-10-12-24-60(52)62/h5-44H,1-4H3. The smallest absolute Gasteiger partial charge is 0.0546 e. The maximum atomic E-state index is 2.52. The fourth-order valence-corrected chi connectivity index (χ4v) is 12.3. The molecule has 0 aliphatic heterocycles. The van der Waals surface area contributed by atoms with Crippen molar-refractivity contribution in [3.63, 3.8) is 0 Å². The van der Waals surface area contributed by atoms with Gasteiger partial charge in [0, 0.05) is 44.3 Å². The predicted molar refractivity (Wildman–Crippen MR) is 319 cm³/mol. The van der Waals surface area contributed by atoms with Gasteiger partial charge in [0.25, 0.3) is 0 Å². The summed E-state index contributed by atoms with van der Waals surface area (Å²) in [4.78, 5) is 5.05. The first kappa shape index (κ1) is 43.5. The lowest BCUT2D eigenvalue weighted by molar-refractivity contribution is 1.27. The normalized spacial score (nSPS) is 11.8. The third-order valence-corrected chi connectivity index (χ3v) is 15.4. The van der Waals surface area contributed by atoms with Crippen LogP contribution in [0.25, 0.3) is 97.7 Å². The van der Waals surface area contributed by atoms with Crippen molar-refractivity contribution >= 4 is 110 Å². The zero-order chi connectivity index (χ0) is 49.6. The van der Waals surface area contributed by atoms with Gasteiger partial charge in [-0.25, -0.2) is 0 Å². The van der Waals surface area contributed by atoms with Gasteiger partial charge in [0.15, 0.2) is 0 Å². The van der Waals surface area contributed by atoms with Gasteiger partial charge in [-0.05, 0) is 187 Å². The highest BCUT2D eigenvalue weighted by Gasteiger charge is 2.27. The Morgan fingerprint density at radius 1 is 0.216 bits per heavy atom. The van der Waals surface area contributed by atoms with E-state index in [1.54, 1.807) is 0 Å². The van der Waals surface area contributed by atoms with Crippen molar-refractivity contribution in [2.45, 2.75) is 27.7 Å². The minimum absolute atomic E-state index is 1.11. The molecule has 14 rings (SSSR count). The average molecular weight is 945 g/mol. The summed E-state index contributed by atoms with van der Waals surface area (Å²) in [6, 6.07) is 91.2. The van der Waals surface area contributed by atoms with Crippen LogP contribution in [0.4, 0.5) is 34.1 Å². The number of anilines is 6. The number of benzene rings is 14. The Kier molecular flexibility index (Phi) is 10.1. The molecule has 0 aromatic heterocycles. The van der Waals surface area contributed by atoms with Crippen molar-refractivity contribution in [3.8, 4) is 22.3 Å². The van der Waals surface area contributed by atoms with Crippen LogP contribution in [-0.4, -0.2) is 0 Å². The molecular weight excluding hydrogens is 893 g/mol. The van der Waals surface area contributed by atoms with Crippen LogP contribution in [-0.2, 0) is 0 Å². The summed E-state index contributed by atoms with van der Waals surface area (Å²) in [7, 11) is 0. The molecule has 0 N–H and O–H groups in total. The average Bonchev–Trinajstić information content (AvgIpc) is 3.50. The first-order valence-corrected chi connectivity index (χ1v) is 25.8. The number of hydrogen-bond donors (Lipinski definition) is 0. The summed E-state index contributed by atoms with van der Waals surface area (Å²) < 4.78 is 0. The van der Waals surface area contributed by atoms with Crippen LogP contribution in [0.1, 0.15) is 22.3 Å². The molecule has 0 unspecified atom stereocenters. The van der Waals surface area contributed by atoms with E-state index in [0.717, 1.165) is 34.1 Å². The summed E-state index contributed by atoms with van der Waals surface area (Å²) in [6.45, 7) is 8.87. The lowest BCUT2D eigenvalue weighted by Gasteiger charge is -2.31. The van der Waals surface area contributed by atoms with Crippen molar-refractivity contribution in [2.75, 3.05) is 9.80 Å². The summed E-state index contributed by atoms with van der Waals surface area (Å²) in [5.41, 5.74) is 16.5. The summed E-state index contributed by atoms with van der Waals surface area (Å²) in [5, 5.41) is 17.1. The van der Waals surface area contributed by atoms with E-state index in [1.165, 1.54) is 120 Å². The number of rotatable bonds is 8. The van der Waals surface area contributed by atoms with E-state index in [2.05, 4.69) is 280 Å². The Morgan fingerprint density at radius 3 is 0.986 bits per heavy atom. The van der Waals surface area contributed by atoms with Gasteiger partial charge in [0.2, 0.25) is 0 Å². The largest absolute Gasteiger partial charge is 0.310 e. The third-order valence-electron chi connectivity index (χ3n) is 15.4. The first-order chi connectivity index (χ1) is 36.3. The van der Waals surface area contributed by atoms with Crippen LogP contribution in [0.5, 0.6) is 0 Å². The molecule has 2 heteroatoms. The monoisotopic (exact) mass is 944 g/mol. The molecule has 0 spiro atoms. The molecule has 0 amide bonds. The van der Waals surface area contributed by atoms with Gasteiger partial charge in [-0.15, -0.1) is 0 Å². The van der Waals surface area contributed by atoms with Crippen molar-refractivity contribution in [2.24, 2.45) is 0 Å². The highest BCUT2D eigenvalue weighted by atomic mass is 15.2. The van der Waals surface area contributed by atoms with Gasteiger partial charge in [-0.2, -0.15) is 0 Å². The summed E-state index contributed by atoms with van der Waals surface area (Å²) >= 11 is 0. The van der Waals surface area contributed by atoms with Crippen LogP contribution in [0.15, 0.2) is 243 Å². The van der Waals surface area contributed by atoms with E-state index in [0.29, 0.717) is 0 Å². The molecule has 0 heterocycles. The molecule has 14 aromatic rings. The second-order valence-corrected chi connectivity index (χ2v) is 20.4. The van der Waals surface area contributed by atoms with Gasteiger partial charge < -0.3 is 9.80 Å². The number of fused-ring (bicyclic) bond motifs is 4. The Morgan fingerprint density at radius 2 is 0.568 bits per heavy atom. The summed E-state index contributed by atoms with van der Waals surface area (Å²) in [6.07, 6.45) is 0. The van der Waals surface area contributed by atoms with E-state index in [4.69, 9.17) is 0 Å². The number of aryl methyl sites for hydroxylation is 4. The predicted octanol–water partition coefficient (Wildman–Crippen LogP) is 20.7. The molecule has 0 atom stereocenters. The van der Waals surface area contributed by atoms with E-state index in [9.17, 15) is 0 Å². The summed E-state index contributed by atoms with van der Waals surface area (Å²) in [5.74, 6) is 0. The molecular formula is C72H52N2. The van der Waals surface area contributed by atoms with Gasteiger partial charge >= 0.3 is 0 Å². The van der Waals surface area contributed by atoms with Crippen molar-refractivity contribution < 1.29 is 0 Å². The molecule has 74 heavy (non-hydrogen) atoms. The SMILES string of the molecule is Cc1cc(C)cc(N(c2ccc3ccccc3c2)c2cc(-c3cccc4ccccc34)c3ccc4c(N(c5cc(C)cc(C)c5)c5ccc6ccccc6c5)cc(-c5cccc6ccccc56)c5ccc2c3c54)c1. The molecule has 0 radical (unpaired) electrons. The maximum absolute atomic E-state index is 2.52. The molecule has 14 aromatic carbocycles. The van der Waals surface area contributed by atoms with Gasteiger partial charge in [-0.3, -0.25) is 0 Å². The molecule has 0 saturated carbocycles. The Balaban J connectivity index is 1.18. The number of hydrogen-bond acceptors (Lipinski definition) is 2. The minimum Gasteiger partial charge on any atom is -0.310 e. The van der Waals surface area contributed by atoms with Crippen LogP contribution in [0, 0.1) is 27.7 Å². The molecule has 0 bridgehead atoms. The molecule has 0 aliphatic carbocycles. The van der Waals surface area contributed by atoms with Crippen molar-refractivity contribution in [3.05, 3.63) is 265 Å². The van der Waals surface area contributed by atoms with Crippen molar-refractivity contribution in [1.82, 2.24) is 0 Å². The second-order valence-electron chi connectivity index (χ2n) is 20.4. The fourth-order valence-electron chi connectivity index (χ4n) is 12.3. The molecule has 0 fully saturated rings. The van der Waals surface area contributed by atoms with Gasteiger partial charge in [0.05, 0.1) is 11.4 Å².